The summed E-state index contributed by atoms with van der Waals surface area (Å²) in [5.74, 6) is 1.26. The Balaban J connectivity index is 1.30. The van der Waals surface area contributed by atoms with Crippen molar-refractivity contribution in [3.8, 4) is 0 Å². The number of carbonyl (C=O) groups is 1. The summed E-state index contributed by atoms with van der Waals surface area (Å²) < 4.78 is 5.25. The fourth-order valence-electron chi connectivity index (χ4n) is 4.43. The summed E-state index contributed by atoms with van der Waals surface area (Å²) in [6, 6.07) is 12.2. The average Bonchev–Trinajstić information content (AvgIpc) is 3.34. The molecular weight excluding hydrogens is 390 g/mol. The maximum absolute atomic E-state index is 12.5. The minimum absolute atomic E-state index is 0.000542. The van der Waals surface area contributed by atoms with E-state index in [4.69, 9.17) is 4.42 Å². The Kier molecular flexibility index (Phi) is 6.32. The van der Waals surface area contributed by atoms with Gasteiger partial charge in [-0.25, -0.2) is 0 Å². The molecule has 1 aromatic heterocycles. The first kappa shape index (κ1) is 21.4. The fraction of sp³-hybridized carbons (Fsp3) is 0.500. The molecule has 3 heterocycles. The number of carbonyl (C=O) groups excluding carboxylic acids is 1. The molecule has 0 bridgehead atoms. The standard InChI is InChI=1S/C24H33N5O2/c1-24(2,29-11-10-19-7-4-5-8-20(19)17-29)18-26-23(25-3)28-14-12-27(13-15-28)22(30)21-9-6-16-31-21/h4-9,16H,10-15,17-18H2,1-3H3,(H,25,26). The lowest BCUT2D eigenvalue weighted by atomic mass is 9.94. The lowest BCUT2D eigenvalue weighted by Crippen LogP contribution is -2.58. The third-order valence-electron chi connectivity index (χ3n) is 6.48. The third kappa shape index (κ3) is 4.77. The zero-order valence-electron chi connectivity index (χ0n) is 18.8. The van der Waals surface area contributed by atoms with E-state index in [2.05, 4.69) is 58.2 Å². The van der Waals surface area contributed by atoms with Crippen molar-refractivity contribution in [2.75, 3.05) is 46.3 Å². The molecule has 1 fully saturated rings. The summed E-state index contributed by atoms with van der Waals surface area (Å²) in [5, 5.41) is 3.58. The molecule has 0 unspecified atom stereocenters. The number of amides is 1. The molecule has 7 nitrogen and oxygen atoms in total. The molecular formula is C24H33N5O2. The van der Waals surface area contributed by atoms with Gasteiger partial charge in [-0.15, -0.1) is 0 Å². The molecule has 0 atom stereocenters. The number of nitrogens with one attached hydrogen (secondary N) is 1. The van der Waals surface area contributed by atoms with Crippen LogP contribution in [0, 0.1) is 0 Å². The van der Waals surface area contributed by atoms with E-state index in [0.717, 1.165) is 45.1 Å². The van der Waals surface area contributed by atoms with Crippen molar-refractivity contribution in [3.05, 3.63) is 59.5 Å². The van der Waals surface area contributed by atoms with Crippen LogP contribution < -0.4 is 5.32 Å². The van der Waals surface area contributed by atoms with Gasteiger partial charge in [-0.05, 0) is 43.5 Å². The second-order valence-corrected chi connectivity index (χ2v) is 8.91. The molecule has 0 spiro atoms. The first-order valence-electron chi connectivity index (χ1n) is 11.1. The number of rotatable bonds is 4. The molecule has 2 aromatic rings. The highest BCUT2D eigenvalue weighted by molar-refractivity contribution is 5.91. The van der Waals surface area contributed by atoms with Crippen molar-refractivity contribution < 1.29 is 9.21 Å². The first-order chi connectivity index (χ1) is 15.0. The summed E-state index contributed by atoms with van der Waals surface area (Å²) >= 11 is 0. The van der Waals surface area contributed by atoms with Crippen LogP contribution in [0.2, 0.25) is 0 Å². The van der Waals surface area contributed by atoms with E-state index < -0.39 is 0 Å². The van der Waals surface area contributed by atoms with Crippen molar-refractivity contribution >= 4 is 11.9 Å². The van der Waals surface area contributed by atoms with Crippen LogP contribution in [0.1, 0.15) is 35.5 Å². The number of hydrogen-bond acceptors (Lipinski definition) is 4. The Hall–Kier alpha value is -2.80. The minimum Gasteiger partial charge on any atom is -0.459 e. The van der Waals surface area contributed by atoms with Crippen molar-refractivity contribution in [2.45, 2.75) is 32.4 Å². The molecule has 166 valence electrons. The monoisotopic (exact) mass is 423 g/mol. The molecule has 2 aliphatic rings. The summed E-state index contributed by atoms with van der Waals surface area (Å²) in [4.78, 5) is 23.6. The van der Waals surface area contributed by atoms with E-state index in [0.29, 0.717) is 18.8 Å². The predicted octanol–water partition coefficient (Wildman–Crippen LogP) is 2.45. The van der Waals surface area contributed by atoms with Gasteiger partial charge < -0.3 is 19.5 Å². The molecule has 0 radical (unpaired) electrons. The molecule has 1 saturated heterocycles. The molecule has 1 amide bonds. The van der Waals surface area contributed by atoms with Crippen molar-refractivity contribution in [1.82, 2.24) is 20.0 Å². The zero-order valence-corrected chi connectivity index (χ0v) is 18.8. The maximum Gasteiger partial charge on any atom is 0.289 e. The number of guanidine groups is 1. The van der Waals surface area contributed by atoms with E-state index in [9.17, 15) is 4.79 Å². The molecule has 1 N–H and O–H groups in total. The van der Waals surface area contributed by atoms with Crippen LogP contribution in [0.3, 0.4) is 0 Å². The molecule has 2 aliphatic heterocycles. The highest BCUT2D eigenvalue weighted by Crippen LogP contribution is 2.25. The van der Waals surface area contributed by atoms with Gasteiger partial charge in [-0.3, -0.25) is 14.7 Å². The van der Waals surface area contributed by atoms with E-state index in [1.807, 2.05) is 11.9 Å². The molecule has 1 aromatic carbocycles. The van der Waals surface area contributed by atoms with Gasteiger partial charge in [-0.2, -0.15) is 0 Å². The van der Waals surface area contributed by atoms with Crippen LogP contribution in [-0.2, 0) is 13.0 Å². The lowest BCUT2D eigenvalue weighted by molar-refractivity contribution is 0.0656. The Morgan fingerprint density at radius 3 is 2.42 bits per heavy atom. The topological polar surface area (TPSA) is 64.3 Å². The van der Waals surface area contributed by atoms with Crippen molar-refractivity contribution in [3.63, 3.8) is 0 Å². The summed E-state index contributed by atoms with van der Waals surface area (Å²) in [6.07, 6.45) is 2.64. The normalized spacial score (nSPS) is 18.1. The van der Waals surface area contributed by atoms with Gasteiger partial charge in [0, 0.05) is 58.4 Å². The minimum atomic E-state index is -0.0425. The average molecular weight is 424 g/mol. The second kappa shape index (κ2) is 9.14. The Morgan fingerprint density at radius 2 is 1.74 bits per heavy atom. The van der Waals surface area contributed by atoms with Crippen LogP contribution in [-0.4, -0.2) is 78.4 Å². The number of aliphatic imine (C=N–C) groups is 1. The number of furan rings is 1. The Bertz CT molecular complexity index is 914. The Labute approximate surface area is 184 Å². The van der Waals surface area contributed by atoms with Gasteiger partial charge in [-0.1, -0.05) is 24.3 Å². The molecule has 4 rings (SSSR count). The van der Waals surface area contributed by atoms with Crippen molar-refractivity contribution in [1.29, 1.82) is 0 Å². The Morgan fingerprint density at radius 1 is 1.03 bits per heavy atom. The quantitative estimate of drug-likeness (QED) is 0.605. The van der Waals surface area contributed by atoms with Crippen LogP contribution in [0.5, 0.6) is 0 Å². The molecule has 0 saturated carbocycles. The number of nitrogens with zero attached hydrogens (tertiary/aromatic N) is 4. The molecule has 31 heavy (non-hydrogen) atoms. The van der Waals surface area contributed by atoms with Gasteiger partial charge in [0.05, 0.1) is 6.26 Å². The predicted molar refractivity (Wildman–Crippen MR) is 122 cm³/mol. The van der Waals surface area contributed by atoms with Gasteiger partial charge >= 0.3 is 0 Å². The number of hydrogen-bond donors (Lipinski definition) is 1. The summed E-state index contributed by atoms with van der Waals surface area (Å²) in [5.41, 5.74) is 2.91. The first-order valence-corrected chi connectivity index (χ1v) is 11.1. The van der Waals surface area contributed by atoms with Crippen LogP contribution in [0.25, 0.3) is 0 Å². The highest BCUT2D eigenvalue weighted by Gasteiger charge is 2.31. The van der Waals surface area contributed by atoms with E-state index in [-0.39, 0.29) is 11.4 Å². The fourth-order valence-corrected chi connectivity index (χ4v) is 4.43. The maximum atomic E-state index is 12.5. The lowest BCUT2D eigenvalue weighted by Gasteiger charge is -2.43. The third-order valence-corrected chi connectivity index (χ3v) is 6.48. The van der Waals surface area contributed by atoms with Crippen LogP contribution >= 0.6 is 0 Å². The van der Waals surface area contributed by atoms with Crippen molar-refractivity contribution in [2.24, 2.45) is 4.99 Å². The van der Waals surface area contributed by atoms with Gasteiger partial charge in [0.15, 0.2) is 11.7 Å². The van der Waals surface area contributed by atoms with Gasteiger partial charge in [0.1, 0.15) is 0 Å². The van der Waals surface area contributed by atoms with E-state index in [1.54, 1.807) is 12.1 Å². The zero-order chi connectivity index (χ0) is 21.8. The SMILES string of the molecule is CN=C(NCC(C)(C)N1CCc2ccccc2C1)N1CCN(C(=O)c2ccco2)CC1. The highest BCUT2D eigenvalue weighted by atomic mass is 16.3. The van der Waals surface area contributed by atoms with Gasteiger partial charge in [0.2, 0.25) is 0 Å². The van der Waals surface area contributed by atoms with Crippen LogP contribution in [0.15, 0.2) is 52.1 Å². The largest absolute Gasteiger partial charge is 0.459 e. The summed E-state index contributed by atoms with van der Waals surface area (Å²) in [7, 11) is 1.83. The smallest absolute Gasteiger partial charge is 0.289 e. The number of fused-ring (bicyclic) bond motifs is 1. The number of benzene rings is 1. The second-order valence-electron chi connectivity index (χ2n) is 8.91. The number of piperazine rings is 1. The van der Waals surface area contributed by atoms with Crippen LogP contribution in [0.4, 0.5) is 0 Å². The van der Waals surface area contributed by atoms with Gasteiger partial charge in [0.25, 0.3) is 5.91 Å². The van der Waals surface area contributed by atoms with E-state index in [1.165, 1.54) is 17.4 Å². The molecule has 7 heteroatoms. The summed E-state index contributed by atoms with van der Waals surface area (Å²) in [6.45, 7) is 10.3. The van der Waals surface area contributed by atoms with E-state index >= 15 is 0 Å². The molecule has 0 aliphatic carbocycles.